The number of sulfonamides is 1. The molecule has 0 unspecified atom stereocenters. The van der Waals surface area contributed by atoms with Crippen LogP contribution in [0.25, 0.3) is 0 Å². The highest BCUT2D eigenvalue weighted by atomic mass is 32.2. The number of hydrogen-bond donors (Lipinski definition) is 0. The van der Waals surface area contributed by atoms with Crippen LogP contribution in [0.2, 0.25) is 0 Å². The molecule has 0 fully saturated rings. The molecule has 0 aliphatic rings. The summed E-state index contributed by atoms with van der Waals surface area (Å²) in [6.45, 7) is 3.55. The summed E-state index contributed by atoms with van der Waals surface area (Å²) in [7, 11) is -2.36. The van der Waals surface area contributed by atoms with E-state index in [-0.39, 0.29) is 17.0 Å². The van der Waals surface area contributed by atoms with Crippen LogP contribution in [-0.2, 0) is 16.6 Å². The largest absolute Gasteiger partial charge is 0.243 e. The van der Waals surface area contributed by atoms with Crippen LogP contribution < -0.4 is 0 Å². The Balaban J connectivity index is 2.30. The standard InChI is InChI=1S/C16H17F2NO2S/c1-11-4-7-15(8-12(11)2)22(20,21)19(3)10-13-5-6-14(17)9-16(13)18/h4-9H,10H2,1-3H3. The van der Waals surface area contributed by atoms with E-state index >= 15 is 0 Å². The Kier molecular flexibility index (Phi) is 4.63. The van der Waals surface area contributed by atoms with Crippen LogP contribution in [0.4, 0.5) is 8.78 Å². The molecular weight excluding hydrogens is 308 g/mol. The Labute approximate surface area is 129 Å². The Bertz CT molecular complexity index is 804. The zero-order chi connectivity index (χ0) is 16.5. The molecule has 0 atom stereocenters. The average molecular weight is 325 g/mol. The van der Waals surface area contributed by atoms with Gasteiger partial charge < -0.3 is 0 Å². The summed E-state index contributed by atoms with van der Waals surface area (Å²) in [6, 6.07) is 7.93. The summed E-state index contributed by atoms with van der Waals surface area (Å²) in [5.74, 6) is -1.46. The van der Waals surface area contributed by atoms with Gasteiger partial charge in [-0.25, -0.2) is 17.2 Å². The number of aryl methyl sites for hydroxylation is 2. The van der Waals surface area contributed by atoms with Crippen molar-refractivity contribution in [2.24, 2.45) is 0 Å². The maximum absolute atomic E-state index is 13.7. The molecule has 0 amide bonds. The number of halogens is 2. The summed E-state index contributed by atoms with van der Waals surface area (Å²) in [5.41, 5.74) is 1.98. The summed E-state index contributed by atoms with van der Waals surface area (Å²) in [6.07, 6.45) is 0. The molecule has 6 heteroatoms. The van der Waals surface area contributed by atoms with E-state index < -0.39 is 21.7 Å². The van der Waals surface area contributed by atoms with Crippen molar-refractivity contribution >= 4 is 10.0 Å². The maximum atomic E-state index is 13.7. The molecule has 0 saturated heterocycles. The van der Waals surface area contributed by atoms with Gasteiger partial charge in [-0.1, -0.05) is 12.1 Å². The lowest BCUT2D eigenvalue weighted by atomic mass is 10.1. The minimum Gasteiger partial charge on any atom is -0.207 e. The Morgan fingerprint density at radius 1 is 1.00 bits per heavy atom. The second kappa shape index (κ2) is 6.14. The highest BCUT2D eigenvalue weighted by Gasteiger charge is 2.22. The first kappa shape index (κ1) is 16.6. The van der Waals surface area contributed by atoms with Gasteiger partial charge in [0.05, 0.1) is 4.90 Å². The van der Waals surface area contributed by atoms with E-state index in [4.69, 9.17) is 0 Å². The molecule has 0 aromatic heterocycles. The molecule has 2 aromatic rings. The summed E-state index contributed by atoms with van der Waals surface area (Å²) in [4.78, 5) is 0.153. The highest BCUT2D eigenvalue weighted by Crippen LogP contribution is 2.20. The fourth-order valence-electron chi connectivity index (χ4n) is 2.03. The summed E-state index contributed by atoms with van der Waals surface area (Å²) >= 11 is 0. The Morgan fingerprint density at radius 3 is 2.27 bits per heavy atom. The third-order valence-corrected chi connectivity index (χ3v) is 5.39. The molecular formula is C16H17F2NO2S. The summed E-state index contributed by atoms with van der Waals surface area (Å²) < 4.78 is 52.6. The molecule has 3 nitrogen and oxygen atoms in total. The predicted molar refractivity (Wildman–Crippen MR) is 80.9 cm³/mol. The van der Waals surface area contributed by atoms with Gasteiger partial charge in [-0.05, 0) is 43.2 Å². The fraction of sp³-hybridized carbons (Fsp3) is 0.250. The van der Waals surface area contributed by atoms with Crippen LogP contribution in [0.15, 0.2) is 41.3 Å². The van der Waals surface area contributed by atoms with E-state index in [9.17, 15) is 17.2 Å². The third-order valence-electron chi connectivity index (χ3n) is 3.59. The van der Waals surface area contributed by atoms with Gasteiger partial charge in [0.1, 0.15) is 11.6 Å². The number of hydrogen-bond acceptors (Lipinski definition) is 2. The van der Waals surface area contributed by atoms with E-state index in [0.717, 1.165) is 27.6 Å². The summed E-state index contributed by atoms with van der Waals surface area (Å²) in [5, 5.41) is 0. The minimum absolute atomic E-state index is 0.122. The number of nitrogens with zero attached hydrogens (tertiary/aromatic N) is 1. The van der Waals surface area contributed by atoms with E-state index in [1.165, 1.54) is 19.2 Å². The average Bonchev–Trinajstić information content (AvgIpc) is 2.44. The minimum atomic E-state index is -3.73. The monoisotopic (exact) mass is 325 g/mol. The van der Waals surface area contributed by atoms with E-state index in [2.05, 4.69) is 0 Å². The normalized spacial score (nSPS) is 11.9. The van der Waals surface area contributed by atoms with Crippen LogP contribution in [-0.4, -0.2) is 19.8 Å². The zero-order valence-electron chi connectivity index (χ0n) is 12.6. The molecule has 0 N–H and O–H groups in total. The number of benzene rings is 2. The molecule has 22 heavy (non-hydrogen) atoms. The van der Waals surface area contributed by atoms with Crippen molar-refractivity contribution in [2.45, 2.75) is 25.3 Å². The van der Waals surface area contributed by atoms with Crippen molar-refractivity contribution in [3.63, 3.8) is 0 Å². The molecule has 2 rings (SSSR count). The lowest BCUT2D eigenvalue weighted by Crippen LogP contribution is -2.27. The molecule has 0 saturated carbocycles. The maximum Gasteiger partial charge on any atom is 0.243 e. The van der Waals surface area contributed by atoms with Crippen LogP contribution in [0, 0.1) is 25.5 Å². The molecule has 0 aliphatic heterocycles. The molecule has 2 aromatic carbocycles. The topological polar surface area (TPSA) is 37.4 Å². The predicted octanol–water partition coefficient (Wildman–Crippen LogP) is 3.40. The first-order valence-corrected chi connectivity index (χ1v) is 8.13. The molecule has 0 radical (unpaired) electrons. The van der Waals surface area contributed by atoms with Gasteiger partial charge in [0, 0.05) is 25.2 Å². The van der Waals surface area contributed by atoms with Gasteiger partial charge in [0.15, 0.2) is 0 Å². The van der Waals surface area contributed by atoms with Gasteiger partial charge >= 0.3 is 0 Å². The van der Waals surface area contributed by atoms with Gasteiger partial charge in [0.25, 0.3) is 0 Å². The van der Waals surface area contributed by atoms with Crippen molar-refractivity contribution in [2.75, 3.05) is 7.05 Å². The molecule has 118 valence electrons. The van der Waals surface area contributed by atoms with Crippen LogP contribution in [0.1, 0.15) is 16.7 Å². The van der Waals surface area contributed by atoms with Gasteiger partial charge in [-0.3, -0.25) is 0 Å². The van der Waals surface area contributed by atoms with Crippen LogP contribution in [0.3, 0.4) is 0 Å². The van der Waals surface area contributed by atoms with Crippen molar-refractivity contribution in [3.8, 4) is 0 Å². The Hall–Kier alpha value is -1.79. The fourth-order valence-corrected chi connectivity index (χ4v) is 3.26. The third kappa shape index (κ3) is 3.34. The first-order valence-electron chi connectivity index (χ1n) is 6.69. The van der Waals surface area contributed by atoms with Crippen molar-refractivity contribution in [1.29, 1.82) is 0 Å². The quantitative estimate of drug-likeness (QED) is 0.864. The van der Waals surface area contributed by atoms with Crippen molar-refractivity contribution in [3.05, 3.63) is 64.7 Å². The first-order chi connectivity index (χ1) is 10.2. The van der Waals surface area contributed by atoms with E-state index in [1.807, 2.05) is 13.8 Å². The molecule has 0 heterocycles. The second-order valence-corrected chi connectivity index (χ2v) is 7.29. The van der Waals surface area contributed by atoms with Crippen LogP contribution in [0.5, 0.6) is 0 Å². The molecule has 0 spiro atoms. The van der Waals surface area contributed by atoms with E-state index in [1.54, 1.807) is 12.1 Å². The van der Waals surface area contributed by atoms with Crippen molar-refractivity contribution < 1.29 is 17.2 Å². The van der Waals surface area contributed by atoms with Gasteiger partial charge in [0.2, 0.25) is 10.0 Å². The molecule has 0 bridgehead atoms. The second-order valence-electron chi connectivity index (χ2n) is 5.24. The lowest BCUT2D eigenvalue weighted by molar-refractivity contribution is 0.454. The molecule has 0 aliphatic carbocycles. The van der Waals surface area contributed by atoms with Gasteiger partial charge in [-0.15, -0.1) is 0 Å². The lowest BCUT2D eigenvalue weighted by Gasteiger charge is -2.18. The van der Waals surface area contributed by atoms with Crippen molar-refractivity contribution in [1.82, 2.24) is 4.31 Å². The number of rotatable bonds is 4. The van der Waals surface area contributed by atoms with Crippen LogP contribution >= 0.6 is 0 Å². The van der Waals surface area contributed by atoms with Gasteiger partial charge in [-0.2, -0.15) is 4.31 Å². The Morgan fingerprint density at radius 2 is 1.68 bits per heavy atom. The highest BCUT2D eigenvalue weighted by molar-refractivity contribution is 7.89. The van der Waals surface area contributed by atoms with E-state index in [0.29, 0.717) is 0 Å². The SMILES string of the molecule is Cc1ccc(S(=O)(=O)N(C)Cc2ccc(F)cc2F)cc1C. The smallest absolute Gasteiger partial charge is 0.207 e. The zero-order valence-corrected chi connectivity index (χ0v) is 13.4.